The highest BCUT2D eigenvalue weighted by molar-refractivity contribution is 6.03. The van der Waals surface area contributed by atoms with E-state index < -0.39 is 23.4 Å². The van der Waals surface area contributed by atoms with Gasteiger partial charge in [-0.05, 0) is 19.4 Å². The highest BCUT2D eigenvalue weighted by Gasteiger charge is 2.29. The molecule has 0 aliphatic rings. The second-order valence-corrected chi connectivity index (χ2v) is 7.40. The number of hydrogen-bond acceptors (Lipinski definition) is 6. The number of nitrogens with two attached hydrogens (primary N) is 2. The van der Waals surface area contributed by atoms with Crippen LogP contribution in [0.1, 0.15) is 48.4 Å². The molecule has 0 bridgehead atoms. The molecule has 0 saturated heterocycles. The predicted molar refractivity (Wildman–Crippen MR) is 109 cm³/mol. The summed E-state index contributed by atoms with van der Waals surface area (Å²) in [7, 11) is 0. The molecule has 1 aromatic carbocycles. The van der Waals surface area contributed by atoms with Crippen molar-refractivity contribution in [3.8, 4) is 11.3 Å². The maximum absolute atomic E-state index is 13.2. The fourth-order valence-corrected chi connectivity index (χ4v) is 2.97. The van der Waals surface area contributed by atoms with Crippen LogP contribution in [0.25, 0.3) is 11.3 Å². The molecule has 0 spiro atoms. The van der Waals surface area contributed by atoms with Crippen LogP contribution in [-0.2, 0) is 17.1 Å². The number of primary amides is 1. The van der Waals surface area contributed by atoms with Gasteiger partial charge in [-0.25, -0.2) is 4.68 Å². The molecule has 9 nitrogen and oxygen atoms in total. The van der Waals surface area contributed by atoms with E-state index in [1.165, 1.54) is 4.68 Å². The number of rotatable bonds is 7. The van der Waals surface area contributed by atoms with Crippen LogP contribution in [-0.4, -0.2) is 26.8 Å². The fourth-order valence-electron chi connectivity index (χ4n) is 2.97. The average molecular weight is 432 g/mol. The Morgan fingerprint density at radius 3 is 2.42 bits per heavy atom. The van der Waals surface area contributed by atoms with E-state index in [4.69, 9.17) is 16.0 Å². The molecule has 0 unspecified atom stereocenters. The summed E-state index contributed by atoms with van der Waals surface area (Å²) in [4.78, 5) is 24.1. The molecule has 2 aromatic heterocycles. The van der Waals surface area contributed by atoms with Crippen LogP contribution in [0.15, 0.2) is 34.9 Å². The van der Waals surface area contributed by atoms with Gasteiger partial charge in [-0.3, -0.25) is 14.9 Å². The van der Waals surface area contributed by atoms with E-state index >= 15 is 0 Å². The molecule has 0 fully saturated rings. The van der Waals surface area contributed by atoms with E-state index in [2.05, 4.69) is 15.6 Å². The minimum Gasteiger partial charge on any atom is -0.383 e. The maximum Gasteiger partial charge on any atom is 0.290 e. The monoisotopic (exact) mass is 432 g/mol. The first kappa shape index (κ1) is 21.9. The first-order valence-electron chi connectivity index (χ1n) is 9.39. The molecule has 2 amide bonds. The zero-order valence-corrected chi connectivity index (χ0v) is 17.1. The van der Waals surface area contributed by atoms with Crippen LogP contribution < -0.4 is 16.8 Å². The van der Waals surface area contributed by atoms with Crippen molar-refractivity contribution in [3.63, 3.8) is 0 Å². The van der Waals surface area contributed by atoms with Gasteiger partial charge in [0, 0.05) is 24.6 Å². The summed E-state index contributed by atoms with van der Waals surface area (Å²) in [5.74, 6) is -4.31. The van der Waals surface area contributed by atoms with E-state index in [1.54, 1.807) is 24.3 Å². The topological polar surface area (TPSA) is 142 Å². The van der Waals surface area contributed by atoms with Crippen molar-refractivity contribution in [1.29, 1.82) is 0 Å². The van der Waals surface area contributed by atoms with Crippen LogP contribution in [0.5, 0.6) is 0 Å². The number of hydrogen-bond donors (Lipinski definition) is 3. The van der Waals surface area contributed by atoms with Crippen molar-refractivity contribution in [1.82, 2.24) is 14.9 Å². The van der Waals surface area contributed by atoms with E-state index in [0.717, 1.165) is 6.07 Å². The molecule has 0 radical (unpaired) electrons. The van der Waals surface area contributed by atoms with Crippen LogP contribution in [0.4, 0.5) is 20.5 Å². The van der Waals surface area contributed by atoms with E-state index in [0.29, 0.717) is 23.7 Å². The van der Waals surface area contributed by atoms with Crippen molar-refractivity contribution in [2.75, 3.05) is 11.1 Å². The lowest BCUT2D eigenvalue weighted by Crippen LogP contribution is -2.15. The van der Waals surface area contributed by atoms with Gasteiger partial charge in [0.2, 0.25) is 11.8 Å². The molecule has 0 aliphatic carbocycles. The molecule has 3 aromatic rings. The number of amides is 2. The molecule has 0 saturated carbocycles. The number of carbonyl (C=O) groups is 2. The lowest BCUT2D eigenvalue weighted by Gasteiger charge is -2.07. The maximum atomic E-state index is 13.2. The summed E-state index contributed by atoms with van der Waals surface area (Å²) >= 11 is 0. The number of anilines is 2. The number of alkyl halides is 2. The largest absolute Gasteiger partial charge is 0.383 e. The summed E-state index contributed by atoms with van der Waals surface area (Å²) in [5.41, 5.74) is 12.7. The summed E-state index contributed by atoms with van der Waals surface area (Å²) < 4.78 is 32.6. The summed E-state index contributed by atoms with van der Waals surface area (Å²) in [6, 6.07) is 7.63. The van der Waals surface area contributed by atoms with E-state index in [9.17, 15) is 18.4 Å². The SMILES string of the molecule is CC(C)n1nc(-c2ccc(CC(=O)Nc3cc(C(C)(F)F)no3)cc2)c(C(N)=O)c1N. The summed E-state index contributed by atoms with van der Waals surface area (Å²) in [6.45, 7) is 4.43. The van der Waals surface area contributed by atoms with Gasteiger partial charge in [-0.1, -0.05) is 29.4 Å². The number of nitrogen functional groups attached to an aromatic ring is 1. The van der Waals surface area contributed by atoms with Crippen molar-refractivity contribution in [3.05, 3.63) is 47.2 Å². The van der Waals surface area contributed by atoms with Crippen LogP contribution >= 0.6 is 0 Å². The minimum atomic E-state index is -3.17. The van der Waals surface area contributed by atoms with Gasteiger partial charge >= 0.3 is 0 Å². The zero-order chi connectivity index (χ0) is 22.9. The molecule has 5 N–H and O–H groups in total. The number of nitrogens with zero attached hydrogens (tertiary/aromatic N) is 3. The standard InChI is InChI=1S/C20H22F2N6O3/c1-10(2)28-18(23)16(19(24)30)17(26-28)12-6-4-11(5-7-12)8-14(29)25-15-9-13(27-31-15)20(3,21)22/h4-7,9-10H,8,23H2,1-3H3,(H2,24,30)(H,25,29). The summed E-state index contributed by atoms with van der Waals surface area (Å²) in [6.07, 6.45) is -0.0376. The fraction of sp³-hybridized carbons (Fsp3) is 0.300. The van der Waals surface area contributed by atoms with Gasteiger partial charge < -0.3 is 16.0 Å². The third-order valence-electron chi connectivity index (χ3n) is 4.50. The minimum absolute atomic E-state index is 0.0376. The van der Waals surface area contributed by atoms with Crippen molar-refractivity contribution in [2.45, 2.75) is 39.2 Å². The zero-order valence-electron chi connectivity index (χ0n) is 17.1. The third-order valence-corrected chi connectivity index (χ3v) is 4.50. The van der Waals surface area contributed by atoms with Gasteiger partial charge in [0.15, 0.2) is 5.69 Å². The van der Waals surface area contributed by atoms with Crippen molar-refractivity contribution < 1.29 is 22.9 Å². The van der Waals surface area contributed by atoms with Gasteiger partial charge in [0.1, 0.15) is 17.1 Å². The molecule has 2 heterocycles. The normalized spacial score (nSPS) is 11.7. The number of nitrogens with one attached hydrogen (secondary N) is 1. The van der Waals surface area contributed by atoms with Crippen LogP contribution in [0.3, 0.4) is 0 Å². The molecule has 164 valence electrons. The van der Waals surface area contributed by atoms with E-state index in [1.807, 2.05) is 13.8 Å². The number of benzene rings is 1. The summed E-state index contributed by atoms with van der Waals surface area (Å²) in [5, 5.41) is 10.0. The first-order valence-corrected chi connectivity index (χ1v) is 9.39. The molecule has 0 aliphatic heterocycles. The third kappa shape index (κ3) is 4.71. The molecule has 0 atom stereocenters. The first-order chi connectivity index (χ1) is 14.5. The Kier molecular flexibility index (Phi) is 5.78. The lowest BCUT2D eigenvalue weighted by molar-refractivity contribution is -0.115. The molecule has 31 heavy (non-hydrogen) atoms. The van der Waals surface area contributed by atoms with Gasteiger partial charge in [0.25, 0.3) is 11.8 Å². The Hall–Kier alpha value is -3.76. The van der Waals surface area contributed by atoms with Crippen LogP contribution in [0, 0.1) is 0 Å². The smallest absolute Gasteiger partial charge is 0.290 e. The highest BCUT2D eigenvalue weighted by Crippen LogP contribution is 2.30. The Bertz CT molecular complexity index is 1110. The van der Waals surface area contributed by atoms with Crippen molar-refractivity contribution >= 4 is 23.5 Å². The number of carbonyl (C=O) groups excluding carboxylic acids is 2. The Balaban J connectivity index is 1.75. The Labute approximate surface area is 176 Å². The molecule has 3 rings (SSSR count). The quantitative estimate of drug-likeness (QED) is 0.524. The second-order valence-electron chi connectivity index (χ2n) is 7.40. The number of aromatic nitrogens is 3. The second kappa shape index (κ2) is 8.17. The molecule has 11 heteroatoms. The highest BCUT2D eigenvalue weighted by atomic mass is 19.3. The lowest BCUT2D eigenvalue weighted by atomic mass is 10.0. The van der Waals surface area contributed by atoms with Crippen molar-refractivity contribution in [2.24, 2.45) is 5.73 Å². The van der Waals surface area contributed by atoms with E-state index in [-0.39, 0.29) is 29.7 Å². The predicted octanol–water partition coefficient (Wildman–Crippen LogP) is 3.09. The Morgan fingerprint density at radius 2 is 1.90 bits per heavy atom. The van der Waals surface area contributed by atoms with Gasteiger partial charge in [0.05, 0.1) is 6.42 Å². The van der Waals surface area contributed by atoms with Gasteiger partial charge in [-0.2, -0.15) is 13.9 Å². The molecular formula is C20H22F2N6O3. The average Bonchev–Trinajstić information content (AvgIpc) is 3.26. The van der Waals surface area contributed by atoms with Gasteiger partial charge in [-0.15, -0.1) is 0 Å². The Morgan fingerprint density at radius 1 is 1.26 bits per heavy atom. The molecular weight excluding hydrogens is 410 g/mol. The van der Waals surface area contributed by atoms with Crippen LogP contribution in [0.2, 0.25) is 0 Å². The number of halogens is 2.